The fraction of sp³-hybridized carbons (Fsp3) is 0.200. The second kappa shape index (κ2) is 8.02. The van der Waals surface area contributed by atoms with Crippen LogP contribution in [0.3, 0.4) is 0 Å². The van der Waals surface area contributed by atoms with Crippen LogP contribution in [-0.2, 0) is 4.79 Å². The summed E-state index contributed by atoms with van der Waals surface area (Å²) in [5, 5.41) is 4.32. The summed E-state index contributed by atoms with van der Waals surface area (Å²) in [7, 11) is 0. The number of carbonyl (C=O) groups is 2. The van der Waals surface area contributed by atoms with E-state index in [1.54, 1.807) is 23.5 Å². The first-order chi connectivity index (χ1) is 10.3. The molecular formula is C15H15F3N2O2. The first kappa shape index (κ1) is 17.5. The fourth-order valence-electron chi connectivity index (χ4n) is 1.43. The van der Waals surface area contributed by atoms with E-state index in [1.165, 1.54) is 30.3 Å². The van der Waals surface area contributed by atoms with Crippen LogP contribution < -0.4 is 10.6 Å². The number of hydrogen-bond donors (Lipinski definition) is 2. The molecule has 1 aromatic rings. The first-order valence-corrected chi connectivity index (χ1v) is 6.37. The average Bonchev–Trinajstić information content (AvgIpc) is 2.45. The number of anilines is 1. The number of halogens is 3. The predicted molar refractivity (Wildman–Crippen MR) is 77.4 cm³/mol. The number of alkyl halides is 3. The van der Waals surface area contributed by atoms with Gasteiger partial charge in [0.25, 0.3) is 5.91 Å². The van der Waals surface area contributed by atoms with Gasteiger partial charge in [0.2, 0.25) is 5.91 Å². The molecule has 0 saturated carbocycles. The Labute approximate surface area is 125 Å². The highest BCUT2D eigenvalue weighted by Crippen LogP contribution is 2.13. The van der Waals surface area contributed by atoms with Gasteiger partial charge in [0.1, 0.15) is 6.54 Å². The molecule has 22 heavy (non-hydrogen) atoms. The zero-order valence-electron chi connectivity index (χ0n) is 11.8. The molecule has 2 amide bonds. The van der Waals surface area contributed by atoms with Gasteiger partial charge in [-0.1, -0.05) is 18.2 Å². The van der Waals surface area contributed by atoms with E-state index in [9.17, 15) is 22.8 Å². The first-order valence-electron chi connectivity index (χ1n) is 6.37. The van der Waals surface area contributed by atoms with Gasteiger partial charge >= 0.3 is 6.18 Å². The van der Waals surface area contributed by atoms with Crippen molar-refractivity contribution in [3.8, 4) is 0 Å². The number of benzene rings is 1. The highest BCUT2D eigenvalue weighted by atomic mass is 19.4. The molecule has 0 saturated heterocycles. The average molecular weight is 312 g/mol. The Morgan fingerprint density at radius 3 is 2.32 bits per heavy atom. The molecule has 0 aliphatic heterocycles. The Morgan fingerprint density at radius 1 is 1.14 bits per heavy atom. The summed E-state index contributed by atoms with van der Waals surface area (Å²) < 4.78 is 36.0. The highest BCUT2D eigenvalue weighted by Gasteiger charge is 2.27. The van der Waals surface area contributed by atoms with Gasteiger partial charge in [-0.25, -0.2) is 0 Å². The maximum absolute atomic E-state index is 12.0. The molecule has 4 nitrogen and oxygen atoms in total. The van der Waals surface area contributed by atoms with E-state index < -0.39 is 18.6 Å². The normalized spacial score (nSPS) is 11.8. The summed E-state index contributed by atoms with van der Waals surface area (Å²) in [6, 6.07) is 5.53. The van der Waals surface area contributed by atoms with E-state index in [-0.39, 0.29) is 11.5 Å². The minimum atomic E-state index is -4.46. The van der Waals surface area contributed by atoms with Crippen molar-refractivity contribution < 1.29 is 22.8 Å². The van der Waals surface area contributed by atoms with Crippen molar-refractivity contribution in [3.63, 3.8) is 0 Å². The minimum Gasteiger partial charge on any atom is -0.343 e. The molecular weight excluding hydrogens is 297 g/mol. The van der Waals surface area contributed by atoms with Gasteiger partial charge in [-0.05, 0) is 31.2 Å². The molecule has 1 rings (SSSR count). The SMILES string of the molecule is CC=CC=CC(=O)Nc1ccc(C(=O)NCC(F)(F)F)cc1. The Kier molecular flexibility index (Phi) is 6.37. The lowest BCUT2D eigenvalue weighted by molar-refractivity contribution is -0.123. The van der Waals surface area contributed by atoms with Gasteiger partial charge in [-0.2, -0.15) is 13.2 Å². The van der Waals surface area contributed by atoms with Crippen LogP contribution in [0.5, 0.6) is 0 Å². The molecule has 118 valence electrons. The number of rotatable bonds is 5. The predicted octanol–water partition coefficient (Wildman–Crippen LogP) is 3.05. The molecule has 0 aliphatic carbocycles. The van der Waals surface area contributed by atoms with Crippen molar-refractivity contribution in [2.45, 2.75) is 13.1 Å². The second-order valence-electron chi connectivity index (χ2n) is 4.25. The molecule has 0 atom stereocenters. The molecule has 0 aliphatic rings. The molecule has 0 fully saturated rings. The summed E-state index contributed by atoms with van der Waals surface area (Å²) in [6.07, 6.45) is 1.88. The Bertz CT molecular complexity index is 575. The van der Waals surface area contributed by atoms with E-state index in [2.05, 4.69) is 5.32 Å². The third kappa shape index (κ3) is 6.74. The third-order valence-corrected chi connectivity index (χ3v) is 2.42. The third-order valence-electron chi connectivity index (χ3n) is 2.42. The van der Waals surface area contributed by atoms with Gasteiger partial charge < -0.3 is 10.6 Å². The summed E-state index contributed by atoms with van der Waals surface area (Å²) >= 11 is 0. The molecule has 2 N–H and O–H groups in total. The topological polar surface area (TPSA) is 58.2 Å². The molecule has 0 bridgehead atoms. The van der Waals surface area contributed by atoms with Crippen molar-refractivity contribution in [1.82, 2.24) is 5.32 Å². The Hall–Kier alpha value is -2.57. The lowest BCUT2D eigenvalue weighted by atomic mass is 10.2. The zero-order chi connectivity index (χ0) is 16.6. The van der Waals surface area contributed by atoms with Crippen molar-refractivity contribution in [1.29, 1.82) is 0 Å². The lowest BCUT2D eigenvalue weighted by Crippen LogP contribution is -2.33. The van der Waals surface area contributed by atoms with E-state index >= 15 is 0 Å². The smallest absolute Gasteiger partial charge is 0.343 e. The van der Waals surface area contributed by atoms with Gasteiger partial charge in [0.05, 0.1) is 0 Å². The minimum absolute atomic E-state index is 0.0757. The van der Waals surface area contributed by atoms with Crippen LogP contribution >= 0.6 is 0 Å². The van der Waals surface area contributed by atoms with E-state index in [4.69, 9.17) is 0 Å². The van der Waals surface area contributed by atoms with E-state index in [1.807, 2.05) is 6.92 Å². The number of nitrogens with one attached hydrogen (secondary N) is 2. The van der Waals surface area contributed by atoms with Crippen LogP contribution in [0.25, 0.3) is 0 Å². The van der Waals surface area contributed by atoms with Gasteiger partial charge in [0.15, 0.2) is 0 Å². The van der Waals surface area contributed by atoms with Gasteiger partial charge in [-0.15, -0.1) is 0 Å². The Morgan fingerprint density at radius 2 is 1.77 bits per heavy atom. The van der Waals surface area contributed by atoms with E-state index in [0.29, 0.717) is 5.69 Å². The molecule has 0 radical (unpaired) electrons. The van der Waals surface area contributed by atoms with Crippen LogP contribution in [-0.4, -0.2) is 24.5 Å². The van der Waals surface area contributed by atoms with Crippen LogP contribution in [0.2, 0.25) is 0 Å². The Balaban J connectivity index is 2.59. The van der Waals surface area contributed by atoms with Crippen molar-refractivity contribution >= 4 is 17.5 Å². The van der Waals surface area contributed by atoms with Gasteiger partial charge in [0, 0.05) is 17.3 Å². The fourth-order valence-corrected chi connectivity index (χ4v) is 1.43. The summed E-state index contributed by atoms with van der Waals surface area (Å²) in [5.74, 6) is -1.18. The van der Waals surface area contributed by atoms with Gasteiger partial charge in [-0.3, -0.25) is 9.59 Å². The number of carbonyl (C=O) groups excluding carboxylic acids is 2. The molecule has 7 heteroatoms. The molecule has 0 aromatic heterocycles. The molecule has 0 heterocycles. The highest BCUT2D eigenvalue weighted by molar-refractivity contribution is 6.00. The molecule has 1 aromatic carbocycles. The zero-order valence-corrected chi connectivity index (χ0v) is 11.8. The standard InChI is InChI=1S/C15H15F3N2O2/c1-2-3-4-5-13(21)20-12-8-6-11(7-9-12)14(22)19-10-15(16,17)18/h2-9H,10H2,1H3,(H,19,22)(H,20,21). The monoisotopic (exact) mass is 312 g/mol. The molecule has 0 unspecified atom stereocenters. The number of hydrogen-bond acceptors (Lipinski definition) is 2. The summed E-state index contributed by atoms with van der Waals surface area (Å²) in [5.41, 5.74) is 0.509. The summed E-state index contributed by atoms with van der Waals surface area (Å²) in [4.78, 5) is 23.0. The molecule has 0 spiro atoms. The van der Waals surface area contributed by atoms with Crippen molar-refractivity contribution in [2.24, 2.45) is 0 Å². The van der Waals surface area contributed by atoms with Crippen molar-refractivity contribution in [3.05, 3.63) is 54.1 Å². The number of allylic oxidation sites excluding steroid dienone is 3. The lowest BCUT2D eigenvalue weighted by Gasteiger charge is -2.09. The van der Waals surface area contributed by atoms with Crippen LogP contribution in [0.1, 0.15) is 17.3 Å². The number of amides is 2. The van der Waals surface area contributed by atoms with Crippen LogP contribution in [0.4, 0.5) is 18.9 Å². The maximum atomic E-state index is 12.0. The van der Waals surface area contributed by atoms with Crippen LogP contribution in [0.15, 0.2) is 48.6 Å². The quantitative estimate of drug-likeness (QED) is 0.648. The van der Waals surface area contributed by atoms with Crippen LogP contribution in [0, 0.1) is 0 Å². The van der Waals surface area contributed by atoms with E-state index in [0.717, 1.165) is 0 Å². The largest absolute Gasteiger partial charge is 0.405 e. The van der Waals surface area contributed by atoms with Crippen molar-refractivity contribution in [2.75, 3.05) is 11.9 Å². The second-order valence-corrected chi connectivity index (χ2v) is 4.25. The maximum Gasteiger partial charge on any atom is 0.405 e. The summed E-state index contributed by atoms with van der Waals surface area (Å²) in [6.45, 7) is 0.421.